The molecule has 2 aliphatic rings. The lowest BCUT2D eigenvalue weighted by atomic mass is 9.67. The molecule has 1 heterocycles. The van der Waals surface area contributed by atoms with Crippen LogP contribution in [0.5, 0.6) is 0 Å². The van der Waals surface area contributed by atoms with Crippen LogP contribution in [0.3, 0.4) is 0 Å². The molecule has 0 aliphatic heterocycles. The fraction of sp³-hybridized carbons (Fsp3) is 0.765. The average molecular weight is 338 g/mol. The Hall–Kier alpha value is -0.980. The summed E-state index contributed by atoms with van der Waals surface area (Å²) in [6.07, 6.45) is 6.52. The fourth-order valence-corrected chi connectivity index (χ4v) is 5.01. The summed E-state index contributed by atoms with van der Waals surface area (Å²) < 4.78 is 7.13. The van der Waals surface area contributed by atoms with Gasteiger partial charge in [0.15, 0.2) is 4.80 Å². The Morgan fingerprint density at radius 2 is 2.04 bits per heavy atom. The van der Waals surface area contributed by atoms with Crippen molar-refractivity contribution in [2.75, 3.05) is 13.7 Å². The number of amides is 1. The smallest absolute Gasteiger partial charge is 0.251 e. The second kappa shape index (κ2) is 7.28. The molecule has 128 valence electrons. The zero-order valence-electron chi connectivity index (χ0n) is 13.9. The Kier molecular flexibility index (Phi) is 5.34. The molecule has 0 radical (unpaired) electrons. The van der Waals surface area contributed by atoms with E-state index in [0.717, 1.165) is 41.9 Å². The number of carbonyl (C=O) groups excluding carboxylic acids is 1. The van der Waals surface area contributed by atoms with E-state index in [4.69, 9.17) is 4.74 Å². The number of nitrogens with zero attached hydrogens (tertiary/aromatic N) is 2. The van der Waals surface area contributed by atoms with Crippen LogP contribution in [-0.2, 0) is 16.1 Å². The van der Waals surface area contributed by atoms with Crippen LogP contribution in [0.15, 0.2) is 11.2 Å². The molecule has 2 fully saturated rings. The highest BCUT2D eigenvalue weighted by Crippen LogP contribution is 2.42. The summed E-state index contributed by atoms with van der Waals surface area (Å²) in [5.41, 5.74) is 0. The number of carbonyl (C=O) groups is 1. The number of aliphatic hydroxyl groups is 1. The Morgan fingerprint density at radius 1 is 1.35 bits per heavy atom. The first-order valence-corrected chi connectivity index (χ1v) is 9.29. The topological polar surface area (TPSA) is 63.8 Å². The van der Waals surface area contributed by atoms with Gasteiger partial charge in [0, 0.05) is 30.6 Å². The van der Waals surface area contributed by atoms with Gasteiger partial charge in [0.05, 0.1) is 12.7 Å². The Bertz CT molecular complexity index is 604. The molecule has 2 aliphatic carbocycles. The van der Waals surface area contributed by atoms with Gasteiger partial charge in [-0.25, -0.2) is 0 Å². The molecular formula is C17H26N2O3S. The molecule has 1 aromatic heterocycles. The van der Waals surface area contributed by atoms with Crippen molar-refractivity contribution in [2.24, 2.45) is 22.7 Å². The van der Waals surface area contributed by atoms with Crippen molar-refractivity contribution in [2.45, 2.75) is 51.7 Å². The van der Waals surface area contributed by atoms with Gasteiger partial charge in [-0.1, -0.05) is 0 Å². The molecule has 5 nitrogen and oxygen atoms in total. The van der Waals surface area contributed by atoms with E-state index in [1.165, 1.54) is 6.42 Å². The standard InChI is InChI=1S/C17H26N2O3S/c1-11-10-19(3-4-22-2)17(23-11)18-16(21)14-6-12-5-13(7-14)9-15(20)8-12/h10,12-15,20H,3-9H2,1-2H3/t12-,13+,14?,15?. The largest absolute Gasteiger partial charge is 0.393 e. The highest BCUT2D eigenvalue weighted by atomic mass is 32.1. The summed E-state index contributed by atoms with van der Waals surface area (Å²) in [7, 11) is 1.68. The Labute approximate surface area is 141 Å². The van der Waals surface area contributed by atoms with Crippen LogP contribution in [0.2, 0.25) is 0 Å². The van der Waals surface area contributed by atoms with Gasteiger partial charge in [-0.2, -0.15) is 4.99 Å². The summed E-state index contributed by atoms with van der Waals surface area (Å²) in [6, 6.07) is 0. The summed E-state index contributed by atoms with van der Waals surface area (Å²) in [5, 5.41) is 9.87. The van der Waals surface area contributed by atoms with Crippen molar-refractivity contribution in [1.82, 2.24) is 4.57 Å². The summed E-state index contributed by atoms with van der Waals surface area (Å²) >= 11 is 1.56. The second-order valence-electron chi connectivity index (χ2n) is 7.02. The lowest BCUT2D eigenvalue weighted by molar-refractivity contribution is -0.125. The first-order chi connectivity index (χ1) is 11.0. The lowest BCUT2D eigenvalue weighted by Gasteiger charge is -2.39. The van der Waals surface area contributed by atoms with Crippen molar-refractivity contribution >= 4 is 17.2 Å². The molecule has 4 atom stereocenters. The molecule has 0 spiro atoms. The molecule has 0 aromatic carbocycles. The third-order valence-electron chi connectivity index (χ3n) is 5.04. The van der Waals surface area contributed by atoms with Crippen molar-refractivity contribution in [3.05, 3.63) is 15.9 Å². The monoisotopic (exact) mass is 338 g/mol. The number of aromatic nitrogens is 1. The van der Waals surface area contributed by atoms with E-state index in [-0.39, 0.29) is 17.9 Å². The zero-order valence-corrected chi connectivity index (χ0v) is 14.7. The van der Waals surface area contributed by atoms with Crippen LogP contribution in [0.4, 0.5) is 0 Å². The SMILES string of the molecule is COCCn1cc(C)sc1=NC(=O)C1C[C@H]2CC(O)C[C@@H](C1)C2. The van der Waals surface area contributed by atoms with Crippen LogP contribution < -0.4 is 4.80 Å². The zero-order chi connectivity index (χ0) is 16.4. The number of aliphatic hydroxyl groups excluding tert-OH is 1. The summed E-state index contributed by atoms with van der Waals surface area (Å²) in [5.74, 6) is 1.04. The van der Waals surface area contributed by atoms with Gasteiger partial charge in [-0.05, 0) is 50.9 Å². The predicted octanol–water partition coefficient (Wildman–Crippen LogP) is 2.12. The fourth-order valence-electron chi connectivity index (χ4n) is 4.14. The van der Waals surface area contributed by atoms with Crippen LogP contribution in [0.25, 0.3) is 0 Å². The maximum Gasteiger partial charge on any atom is 0.251 e. The number of thiazole rings is 1. The molecule has 2 saturated carbocycles. The number of ether oxygens (including phenoxy) is 1. The van der Waals surface area contributed by atoms with E-state index < -0.39 is 0 Å². The first kappa shape index (κ1) is 16.9. The minimum Gasteiger partial charge on any atom is -0.393 e. The lowest BCUT2D eigenvalue weighted by Crippen LogP contribution is -2.36. The van der Waals surface area contributed by atoms with E-state index >= 15 is 0 Å². The number of hydrogen-bond acceptors (Lipinski definition) is 4. The van der Waals surface area contributed by atoms with Gasteiger partial charge in [0.2, 0.25) is 0 Å². The number of methoxy groups -OCH3 is 1. The highest BCUT2D eigenvalue weighted by Gasteiger charge is 2.38. The van der Waals surface area contributed by atoms with Crippen LogP contribution in [-0.4, -0.2) is 35.4 Å². The van der Waals surface area contributed by atoms with Gasteiger partial charge in [-0.3, -0.25) is 4.79 Å². The minimum absolute atomic E-state index is 0.0177. The predicted molar refractivity (Wildman–Crippen MR) is 89.1 cm³/mol. The van der Waals surface area contributed by atoms with Crippen LogP contribution in [0, 0.1) is 24.7 Å². The van der Waals surface area contributed by atoms with Crippen molar-refractivity contribution < 1.29 is 14.6 Å². The van der Waals surface area contributed by atoms with E-state index in [1.54, 1.807) is 18.4 Å². The number of rotatable bonds is 4. The highest BCUT2D eigenvalue weighted by molar-refractivity contribution is 7.09. The second-order valence-corrected chi connectivity index (χ2v) is 8.24. The third-order valence-corrected chi connectivity index (χ3v) is 5.98. The molecule has 1 N–H and O–H groups in total. The molecule has 2 unspecified atom stereocenters. The van der Waals surface area contributed by atoms with Gasteiger partial charge in [0.25, 0.3) is 5.91 Å². The van der Waals surface area contributed by atoms with Gasteiger partial charge >= 0.3 is 0 Å². The van der Waals surface area contributed by atoms with E-state index in [1.807, 2.05) is 17.7 Å². The molecule has 3 rings (SSSR count). The normalized spacial score (nSPS) is 31.3. The quantitative estimate of drug-likeness (QED) is 0.914. The van der Waals surface area contributed by atoms with E-state index in [9.17, 15) is 9.90 Å². The number of fused-ring (bicyclic) bond motifs is 2. The van der Waals surface area contributed by atoms with Crippen molar-refractivity contribution in [1.29, 1.82) is 0 Å². The molecule has 1 aromatic rings. The maximum absolute atomic E-state index is 12.6. The molecular weight excluding hydrogens is 312 g/mol. The van der Waals surface area contributed by atoms with E-state index in [2.05, 4.69) is 4.99 Å². The average Bonchev–Trinajstić information content (AvgIpc) is 2.83. The Balaban J connectivity index is 1.74. The van der Waals surface area contributed by atoms with Gasteiger partial charge in [0.1, 0.15) is 0 Å². The first-order valence-electron chi connectivity index (χ1n) is 8.47. The van der Waals surface area contributed by atoms with Crippen LogP contribution >= 0.6 is 11.3 Å². The third kappa shape index (κ3) is 4.11. The molecule has 0 saturated heterocycles. The number of hydrogen-bond donors (Lipinski definition) is 1. The Morgan fingerprint density at radius 3 is 2.70 bits per heavy atom. The summed E-state index contributed by atoms with van der Waals surface area (Å²) in [4.78, 5) is 19.0. The minimum atomic E-state index is -0.164. The van der Waals surface area contributed by atoms with Crippen molar-refractivity contribution in [3.63, 3.8) is 0 Å². The number of aryl methyl sites for hydroxylation is 1. The summed E-state index contributed by atoms with van der Waals surface area (Å²) in [6.45, 7) is 3.36. The van der Waals surface area contributed by atoms with E-state index in [0.29, 0.717) is 18.4 Å². The molecule has 2 bridgehead atoms. The van der Waals surface area contributed by atoms with Crippen molar-refractivity contribution in [3.8, 4) is 0 Å². The molecule has 1 amide bonds. The van der Waals surface area contributed by atoms with Gasteiger partial charge in [-0.15, -0.1) is 11.3 Å². The maximum atomic E-state index is 12.6. The molecule has 6 heteroatoms. The van der Waals surface area contributed by atoms with Crippen LogP contribution in [0.1, 0.15) is 37.0 Å². The van der Waals surface area contributed by atoms with Gasteiger partial charge < -0.3 is 14.4 Å². The molecule has 23 heavy (non-hydrogen) atoms.